The maximum absolute atomic E-state index is 11.5. The largest absolute Gasteiger partial charge is 0.497 e. The molecule has 0 bridgehead atoms. The number of rotatable bonds is 5. The average Bonchev–Trinajstić information content (AvgIpc) is 3.24. The number of hydrogen-bond acceptors (Lipinski definition) is 4. The molecule has 1 aromatic heterocycles. The van der Waals surface area contributed by atoms with Crippen molar-refractivity contribution in [3.8, 4) is 17.1 Å². The van der Waals surface area contributed by atoms with E-state index in [0.717, 1.165) is 29.8 Å². The quantitative estimate of drug-likeness (QED) is 0.907. The first kappa shape index (κ1) is 12.7. The lowest BCUT2D eigenvalue weighted by Crippen LogP contribution is -2.24. The third-order valence-corrected chi connectivity index (χ3v) is 3.33. The number of carbonyl (C=O) groups excluding carboxylic acids is 1. The van der Waals surface area contributed by atoms with Crippen molar-refractivity contribution in [1.82, 2.24) is 10.5 Å². The van der Waals surface area contributed by atoms with Crippen LogP contribution in [-0.2, 0) is 11.3 Å². The summed E-state index contributed by atoms with van der Waals surface area (Å²) in [4.78, 5) is 11.5. The van der Waals surface area contributed by atoms with Crippen LogP contribution in [0, 0.1) is 5.92 Å². The highest BCUT2D eigenvalue weighted by molar-refractivity contribution is 5.80. The zero-order valence-corrected chi connectivity index (χ0v) is 11.3. The fourth-order valence-electron chi connectivity index (χ4n) is 1.95. The van der Waals surface area contributed by atoms with Gasteiger partial charge in [-0.3, -0.25) is 4.79 Å². The Balaban J connectivity index is 1.64. The Morgan fingerprint density at radius 2 is 2.15 bits per heavy atom. The first-order valence-electron chi connectivity index (χ1n) is 6.64. The van der Waals surface area contributed by atoms with E-state index in [-0.39, 0.29) is 11.8 Å². The Kier molecular flexibility index (Phi) is 3.41. The molecule has 0 aliphatic heterocycles. The van der Waals surface area contributed by atoms with E-state index in [2.05, 4.69) is 10.5 Å². The molecule has 0 atom stereocenters. The second kappa shape index (κ2) is 5.36. The van der Waals surface area contributed by atoms with Crippen LogP contribution in [0.4, 0.5) is 0 Å². The lowest BCUT2D eigenvalue weighted by molar-refractivity contribution is -0.122. The smallest absolute Gasteiger partial charge is 0.223 e. The third-order valence-electron chi connectivity index (χ3n) is 3.33. The van der Waals surface area contributed by atoms with Crippen molar-refractivity contribution in [1.29, 1.82) is 0 Å². The molecule has 20 heavy (non-hydrogen) atoms. The molecule has 1 fully saturated rings. The van der Waals surface area contributed by atoms with Crippen LogP contribution >= 0.6 is 0 Å². The second-order valence-corrected chi connectivity index (χ2v) is 4.90. The minimum atomic E-state index is 0.110. The lowest BCUT2D eigenvalue weighted by atomic mass is 10.1. The molecule has 5 heteroatoms. The van der Waals surface area contributed by atoms with Crippen molar-refractivity contribution < 1.29 is 14.1 Å². The summed E-state index contributed by atoms with van der Waals surface area (Å²) < 4.78 is 10.4. The zero-order valence-electron chi connectivity index (χ0n) is 11.3. The molecular formula is C15H16N2O3. The van der Waals surface area contributed by atoms with Crippen LogP contribution in [0.5, 0.6) is 5.75 Å². The summed E-state index contributed by atoms with van der Waals surface area (Å²) in [5, 5.41) is 6.83. The predicted molar refractivity (Wildman–Crippen MR) is 73.1 cm³/mol. The van der Waals surface area contributed by atoms with Crippen molar-refractivity contribution in [2.75, 3.05) is 7.11 Å². The van der Waals surface area contributed by atoms with Gasteiger partial charge in [0.05, 0.1) is 13.7 Å². The average molecular weight is 272 g/mol. The number of amides is 1. The van der Waals surface area contributed by atoms with Gasteiger partial charge in [-0.1, -0.05) is 5.16 Å². The second-order valence-electron chi connectivity index (χ2n) is 4.90. The Morgan fingerprint density at radius 1 is 1.40 bits per heavy atom. The third kappa shape index (κ3) is 2.82. The van der Waals surface area contributed by atoms with Crippen LogP contribution in [0.3, 0.4) is 0 Å². The van der Waals surface area contributed by atoms with Crippen LogP contribution in [-0.4, -0.2) is 18.2 Å². The van der Waals surface area contributed by atoms with Gasteiger partial charge in [0.1, 0.15) is 11.4 Å². The SMILES string of the molecule is COc1ccc(-c2cc(CNC(=O)C3CC3)no2)cc1. The number of methoxy groups -OCH3 is 1. The molecule has 0 saturated heterocycles. The Bertz CT molecular complexity index is 600. The molecule has 3 rings (SSSR count). The Labute approximate surface area is 116 Å². The number of hydrogen-bond donors (Lipinski definition) is 1. The maximum Gasteiger partial charge on any atom is 0.223 e. The Hall–Kier alpha value is -2.30. The van der Waals surface area contributed by atoms with Gasteiger partial charge in [-0.15, -0.1) is 0 Å². The summed E-state index contributed by atoms with van der Waals surface area (Å²) in [7, 11) is 1.63. The summed E-state index contributed by atoms with van der Waals surface area (Å²) in [5.74, 6) is 1.80. The monoisotopic (exact) mass is 272 g/mol. The van der Waals surface area contributed by atoms with E-state index in [1.165, 1.54) is 0 Å². The molecule has 104 valence electrons. The van der Waals surface area contributed by atoms with Crippen LogP contribution in [0.1, 0.15) is 18.5 Å². The van der Waals surface area contributed by atoms with Crippen molar-refractivity contribution in [2.24, 2.45) is 5.92 Å². The first-order valence-corrected chi connectivity index (χ1v) is 6.64. The molecule has 1 amide bonds. The minimum Gasteiger partial charge on any atom is -0.497 e. The fourth-order valence-corrected chi connectivity index (χ4v) is 1.95. The van der Waals surface area contributed by atoms with Gasteiger partial charge in [0.25, 0.3) is 0 Å². The summed E-state index contributed by atoms with van der Waals surface area (Å²) in [6.07, 6.45) is 2.00. The first-order chi connectivity index (χ1) is 9.76. The molecular weight excluding hydrogens is 256 g/mol. The standard InChI is InChI=1S/C15H16N2O3/c1-19-13-6-4-10(5-7-13)14-8-12(17-20-14)9-16-15(18)11-2-3-11/h4-8,11H,2-3,9H2,1H3,(H,16,18). The molecule has 1 aliphatic carbocycles. The van der Waals surface area contributed by atoms with E-state index in [4.69, 9.17) is 9.26 Å². The molecule has 1 saturated carbocycles. The maximum atomic E-state index is 11.5. The number of ether oxygens (including phenoxy) is 1. The normalized spacial score (nSPS) is 14.1. The Morgan fingerprint density at radius 3 is 2.80 bits per heavy atom. The zero-order chi connectivity index (χ0) is 13.9. The van der Waals surface area contributed by atoms with Crippen LogP contribution in [0.25, 0.3) is 11.3 Å². The minimum absolute atomic E-state index is 0.110. The van der Waals surface area contributed by atoms with Gasteiger partial charge in [0.2, 0.25) is 5.91 Å². The van der Waals surface area contributed by atoms with E-state index < -0.39 is 0 Å². The van der Waals surface area contributed by atoms with Crippen molar-refractivity contribution in [3.63, 3.8) is 0 Å². The van der Waals surface area contributed by atoms with Crippen molar-refractivity contribution in [2.45, 2.75) is 19.4 Å². The highest BCUT2D eigenvalue weighted by Gasteiger charge is 2.29. The summed E-state index contributed by atoms with van der Waals surface area (Å²) >= 11 is 0. The number of nitrogens with one attached hydrogen (secondary N) is 1. The van der Waals surface area contributed by atoms with Crippen LogP contribution in [0.2, 0.25) is 0 Å². The topological polar surface area (TPSA) is 64.4 Å². The predicted octanol–water partition coefficient (Wildman–Crippen LogP) is 2.38. The molecule has 1 heterocycles. The molecule has 0 unspecified atom stereocenters. The van der Waals surface area contributed by atoms with Gasteiger partial charge in [-0.2, -0.15) is 0 Å². The van der Waals surface area contributed by atoms with Crippen molar-refractivity contribution >= 4 is 5.91 Å². The number of nitrogens with zero attached hydrogens (tertiary/aromatic N) is 1. The van der Waals surface area contributed by atoms with Gasteiger partial charge < -0.3 is 14.6 Å². The molecule has 1 N–H and O–H groups in total. The van der Waals surface area contributed by atoms with Gasteiger partial charge in [0, 0.05) is 17.5 Å². The van der Waals surface area contributed by atoms with Crippen LogP contribution < -0.4 is 10.1 Å². The molecule has 5 nitrogen and oxygen atoms in total. The summed E-state index contributed by atoms with van der Waals surface area (Å²) in [5.41, 5.74) is 1.66. The highest BCUT2D eigenvalue weighted by Crippen LogP contribution is 2.29. The van der Waals surface area contributed by atoms with Crippen molar-refractivity contribution in [3.05, 3.63) is 36.0 Å². The number of carbonyl (C=O) groups is 1. The van der Waals surface area contributed by atoms with E-state index in [1.807, 2.05) is 30.3 Å². The highest BCUT2D eigenvalue weighted by atomic mass is 16.5. The number of aromatic nitrogens is 1. The molecule has 2 aromatic rings. The lowest BCUT2D eigenvalue weighted by Gasteiger charge is -2.00. The van der Waals surface area contributed by atoms with Gasteiger partial charge in [0.15, 0.2) is 5.76 Å². The molecule has 0 radical (unpaired) electrons. The molecule has 0 spiro atoms. The van der Waals surface area contributed by atoms with E-state index >= 15 is 0 Å². The van der Waals surface area contributed by atoms with Gasteiger partial charge in [-0.25, -0.2) is 0 Å². The van der Waals surface area contributed by atoms with E-state index in [0.29, 0.717) is 12.3 Å². The van der Waals surface area contributed by atoms with Crippen LogP contribution in [0.15, 0.2) is 34.9 Å². The van der Waals surface area contributed by atoms with Gasteiger partial charge >= 0.3 is 0 Å². The van der Waals surface area contributed by atoms with E-state index in [9.17, 15) is 4.79 Å². The molecule has 1 aromatic carbocycles. The number of benzene rings is 1. The fraction of sp³-hybridized carbons (Fsp3) is 0.333. The molecule has 1 aliphatic rings. The van der Waals surface area contributed by atoms with E-state index in [1.54, 1.807) is 7.11 Å². The summed E-state index contributed by atoms with van der Waals surface area (Å²) in [6.45, 7) is 0.412. The van der Waals surface area contributed by atoms with Gasteiger partial charge in [-0.05, 0) is 37.1 Å². The summed E-state index contributed by atoms with van der Waals surface area (Å²) in [6, 6.07) is 9.39.